The summed E-state index contributed by atoms with van der Waals surface area (Å²) >= 11 is 0. The van der Waals surface area contributed by atoms with Crippen LogP contribution in [0.4, 0.5) is 10.3 Å². The molecule has 250 valence electrons. The Balaban J connectivity index is 1.21. The number of likely N-dealkylation sites (N-methyl/N-ethyl adjacent to an activating group) is 1. The van der Waals surface area contributed by atoms with Gasteiger partial charge in [0.25, 0.3) is 0 Å². The van der Waals surface area contributed by atoms with E-state index < -0.39 is 0 Å². The van der Waals surface area contributed by atoms with Crippen molar-refractivity contribution < 1.29 is 8.81 Å². The van der Waals surface area contributed by atoms with Crippen molar-refractivity contribution in [1.29, 1.82) is 0 Å². The maximum Gasteiger partial charge on any atom is 0.219 e. The van der Waals surface area contributed by atoms with E-state index in [0.29, 0.717) is 17.9 Å². The van der Waals surface area contributed by atoms with Crippen LogP contribution in [0.25, 0.3) is 0 Å². The minimum Gasteiger partial charge on any atom is -0.423 e. The molecule has 2 unspecified atom stereocenters. The topological polar surface area (TPSA) is 35.8 Å². The van der Waals surface area contributed by atoms with Crippen LogP contribution in [0, 0.1) is 17.7 Å². The van der Waals surface area contributed by atoms with Gasteiger partial charge in [0.05, 0.1) is 6.04 Å². The number of hydrogen-bond acceptors (Lipinski definition) is 5. The summed E-state index contributed by atoms with van der Waals surface area (Å²) < 4.78 is 20.6. The third kappa shape index (κ3) is 8.71. The van der Waals surface area contributed by atoms with Gasteiger partial charge in [-0.25, -0.2) is 9.37 Å². The van der Waals surface area contributed by atoms with Gasteiger partial charge in [0.1, 0.15) is 11.5 Å². The number of aromatic nitrogens is 1. The van der Waals surface area contributed by atoms with E-state index in [4.69, 9.17) is 9.40 Å². The normalized spacial score (nSPS) is 20.3. The molecule has 1 saturated carbocycles. The number of likely N-dealkylation sites (tertiary alicyclic amines) is 1. The molecule has 0 bridgehead atoms. The Morgan fingerprint density at radius 3 is 2.09 bits per heavy atom. The molecule has 1 aliphatic carbocycles. The van der Waals surface area contributed by atoms with E-state index in [0.717, 1.165) is 56.4 Å². The van der Waals surface area contributed by atoms with Crippen LogP contribution in [-0.4, -0.2) is 55.6 Å². The van der Waals surface area contributed by atoms with Crippen LogP contribution in [0.2, 0.25) is 0 Å². The first-order valence-corrected chi connectivity index (χ1v) is 17.9. The first-order valence-electron chi connectivity index (χ1n) is 17.9. The lowest BCUT2D eigenvalue weighted by molar-refractivity contribution is 0.0944. The zero-order valence-electron chi connectivity index (χ0n) is 28.7. The number of halogens is 1. The van der Waals surface area contributed by atoms with Gasteiger partial charge < -0.3 is 14.2 Å². The molecule has 1 saturated heterocycles. The summed E-state index contributed by atoms with van der Waals surface area (Å²) in [5.74, 6) is 2.86. The Labute approximate surface area is 281 Å². The predicted octanol–water partition coefficient (Wildman–Crippen LogP) is 9.11. The molecular weight excluding hydrogens is 583 g/mol. The van der Waals surface area contributed by atoms with Crippen LogP contribution in [0.3, 0.4) is 0 Å². The molecule has 1 aliphatic heterocycles. The highest BCUT2D eigenvalue weighted by Gasteiger charge is 2.35. The Kier molecular flexibility index (Phi) is 11.4. The molecular formula is C41H53FN4O. The van der Waals surface area contributed by atoms with Crippen LogP contribution in [0.1, 0.15) is 91.7 Å². The fourth-order valence-electron chi connectivity index (χ4n) is 8.09. The summed E-state index contributed by atoms with van der Waals surface area (Å²) in [6, 6.07) is 29.1. The minimum absolute atomic E-state index is 0.164. The number of rotatable bonds is 13. The summed E-state index contributed by atoms with van der Waals surface area (Å²) in [5.41, 5.74) is 4.86. The van der Waals surface area contributed by atoms with Crippen LogP contribution in [0.15, 0.2) is 89.3 Å². The lowest BCUT2D eigenvalue weighted by atomic mass is 9.74. The van der Waals surface area contributed by atoms with Crippen LogP contribution in [-0.2, 0) is 12.8 Å². The summed E-state index contributed by atoms with van der Waals surface area (Å²) in [6.07, 6.45) is 11.4. The van der Waals surface area contributed by atoms with Gasteiger partial charge in [0.15, 0.2) is 0 Å². The van der Waals surface area contributed by atoms with Crippen molar-refractivity contribution in [2.24, 2.45) is 11.8 Å². The van der Waals surface area contributed by atoms with E-state index in [1.165, 1.54) is 61.6 Å². The van der Waals surface area contributed by atoms with Crippen LogP contribution in [0.5, 0.6) is 0 Å². The lowest BCUT2D eigenvalue weighted by Crippen LogP contribution is -2.36. The highest BCUT2D eigenvalue weighted by Crippen LogP contribution is 2.43. The molecule has 0 radical (unpaired) electrons. The van der Waals surface area contributed by atoms with Crippen molar-refractivity contribution >= 4 is 5.88 Å². The third-order valence-corrected chi connectivity index (χ3v) is 10.6. The van der Waals surface area contributed by atoms with E-state index in [-0.39, 0.29) is 11.9 Å². The number of hydrogen-bond donors (Lipinski definition) is 0. The van der Waals surface area contributed by atoms with Gasteiger partial charge in [0, 0.05) is 26.1 Å². The lowest BCUT2D eigenvalue weighted by Gasteiger charge is -2.40. The molecule has 0 spiro atoms. The SMILES string of the molecule is CN(CCc1ccccc1)c1oc(C(CC2CCC(C(c3ccc(F)cc3)N(C)C)CC2)N2CCCCC2)nc1Cc1ccccc1. The molecule has 2 fully saturated rings. The van der Waals surface area contributed by atoms with Gasteiger partial charge in [0.2, 0.25) is 11.8 Å². The molecule has 0 amide bonds. The van der Waals surface area contributed by atoms with E-state index in [1.807, 2.05) is 12.1 Å². The standard InChI is InChI=1S/C41H53FN4O/c1-44(2)39(35-21-23-36(42)24-22-35)34-19-17-33(18-20-34)30-38(46-26-11-6-12-27-46)40-43-37(29-32-15-9-5-10-16-32)41(47-40)45(3)28-25-31-13-7-4-8-14-31/h4-5,7-10,13-16,21-24,33-34,38-39H,6,11-12,17-20,25-30H2,1-3H3. The van der Waals surface area contributed by atoms with Gasteiger partial charge in [-0.05, 0) is 106 Å². The van der Waals surface area contributed by atoms with Crippen molar-refractivity contribution in [2.45, 2.75) is 76.3 Å². The van der Waals surface area contributed by atoms with Crippen LogP contribution < -0.4 is 4.90 Å². The zero-order chi connectivity index (χ0) is 32.6. The van der Waals surface area contributed by atoms with E-state index in [1.54, 1.807) is 12.1 Å². The summed E-state index contributed by atoms with van der Waals surface area (Å²) in [7, 11) is 6.48. The summed E-state index contributed by atoms with van der Waals surface area (Å²) in [6.45, 7) is 3.10. The number of piperidine rings is 1. The van der Waals surface area contributed by atoms with Gasteiger partial charge in [-0.2, -0.15) is 0 Å². The molecule has 6 heteroatoms. The molecule has 1 aromatic heterocycles. The Morgan fingerprint density at radius 1 is 0.809 bits per heavy atom. The fraction of sp³-hybridized carbons (Fsp3) is 0.488. The summed E-state index contributed by atoms with van der Waals surface area (Å²) in [4.78, 5) is 12.6. The van der Waals surface area contributed by atoms with Crippen molar-refractivity contribution in [3.63, 3.8) is 0 Å². The number of anilines is 1. The van der Waals surface area contributed by atoms with Gasteiger partial charge in [-0.1, -0.05) is 92.1 Å². The molecule has 2 aliphatic rings. The minimum atomic E-state index is -0.164. The molecule has 2 heterocycles. The third-order valence-electron chi connectivity index (χ3n) is 10.6. The monoisotopic (exact) mass is 636 g/mol. The van der Waals surface area contributed by atoms with Gasteiger partial charge in [-0.3, -0.25) is 4.90 Å². The maximum atomic E-state index is 13.7. The number of oxazole rings is 1. The second kappa shape index (κ2) is 16.1. The maximum absolute atomic E-state index is 13.7. The van der Waals surface area contributed by atoms with Gasteiger partial charge >= 0.3 is 0 Å². The molecule has 0 N–H and O–H groups in total. The molecule has 5 nitrogen and oxygen atoms in total. The number of nitrogens with zero attached hydrogens (tertiary/aromatic N) is 4. The Bertz CT molecular complexity index is 1490. The first-order chi connectivity index (χ1) is 22.9. The second-order valence-corrected chi connectivity index (χ2v) is 14.2. The van der Waals surface area contributed by atoms with Crippen LogP contribution >= 0.6 is 0 Å². The van der Waals surface area contributed by atoms with E-state index >= 15 is 0 Å². The Morgan fingerprint density at radius 2 is 1.45 bits per heavy atom. The Hall–Kier alpha value is -3.48. The van der Waals surface area contributed by atoms with Crippen molar-refractivity contribution in [2.75, 3.05) is 45.7 Å². The van der Waals surface area contributed by atoms with Gasteiger partial charge in [-0.15, -0.1) is 0 Å². The number of benzene rings is 3. The smallest absolute Gasteiger partial charge is 0.219 e. The van der Waals surface area contributed by atoms with E-state index in [2.05, 4.69) is 96.5 Å². The highest BCUT2D eigenvalue weighted by molar-refractivity contribution is 5.43. The highest BCUT2D eigenvalue weighted by atomic mass is 19.1. The average Bonchev–Trinajstić information content (AvgIpc) is 3.52. The first kappa shape index (κ1) is 33.4. The molecule has 2 atom stereocenters. The molecule has 47 heavy (non-hydrogen) atoms. The largest absolute Gasteiger partial charge is 0.423 e. The predicted molar refractivity (Wildman–Crippen MR) is 190 cm³/mol. The molecule has 3 aromatic carbocycles. The molecule has 4 aromatic rings. The van der Waals surface area contributed by atoms with Crippen molar-refractivity contribution in [3.8, 4) is 0 Å². The second-order valence-electron chi connectivity index (χ2n) is 14.2. The fourth-order valence-corrected chi connectivity index (χ4v) is 8.09. The average molecular weight is 637 g/mol. The zero-order valence-corrected chi connectivity index (χ0v) is 28.7. The van der Waals surface area contributed by atoms with Crippen molar-refractivity contribution in [1.82, 2.24) is 14.8 Å². The van der Waals surface area contributed by atoms with E-state index in [9.17, 15) is 4.39 Å². The van der Waals surface area contributed by atoms with Crippen molar-refractivity contribution in [3.05, 3.63) is 119 Å². The quantitative estimate of drug-likeness (QED) is 0.146. The summed E-state index contributed by atoms with van der Waals surface area (Å²) in [5, 5.41) is 0. The molecule has 6 rings (SSSR count).